The van der Waals surface area contributed by atoms with Gasteiger partial charge in [-0.15, -0.1) is 0 Å². The number of aliphatic carboxylic acids is 1. The maximum Gasteiger partial charge on any atom is 0.307 e. The average Bonchev–Trinajstić information content (AvgIpc) is 2.16. The van der Waals surface area contributed by atoms with Crippen LogP contribution in [0.1, 0.15) is 47.0 Å². The summed E-state index contributed by atoms with van der Waals surface area (Å²) in [7, 11) is 0. The van der Waals surface area contributed by atoms with E-state index >= 15 is 0 Å². The third-order valence-corrected chi connectivity index (χ3v) is 4.00. The molecule has 1 fully saturated rings. The van der Waals surface area contributed by atoms with Crippen molar-refractivity contribution in [2.24, 2.45) is 29.6 Å². The zero-order chi connectivity index (χ0) is 11.6. The Morgan fingerprint density at radius 1 is 1.07 bits per heavy atom. The minimum absolute atomic E-state index is 0.112. The van der Waals surface area contributed by atoms with Crippen molar-refractivity contribution in [3.05, 3.63) is 0 Å². The molecule has 0 heterocycles. The Balaban J connectivity index is 2.85. The third-order valence-electron chi connectivity index (χ3n) is 4.00. The summed E-state index contributed by atoms with van der Waals surface area (Å²) in [4.78, 5) is 11.4. The van der Waals surface area contributed by atoms with E-state index in [9.17, 15) is 9.90 Å². The first-order chi connectivity index (χ1) is 6.95. The number of carboxylic acid groups (broad SMARTS) is 1. The summed E-state index contributed by atoms with van der Waals surface area (Å²) < 4.78 is 0. The first-order valence-electron chi connectivity index (χ1n) is 6.18. The van der Waals surface area contributed by atoms with Gasteiger partial charge < -0.3 is 5.11 Å². The quantitative estimate of drug-likeness (QED) is 0.778. The molecule has 0 aromatic rings. The number of hydrogen-bond acceptors (Lipinski definition) is 1. The van der Waals surface area contributed by atoms with Crippen LogP contribution in [0.5, 0.6) is 0 Å². The van der Waals surface area contributed by atoms with Crippen molar-refractivity contribution in [1.29, 1.82) is 0 Å². The van der Waals surface area contributed by atoms with E-state index in [0.29, 0.717) is 23.7 Å². The molecule has 2 nitrogen and oxygen atoms in total. The van der Waals surface area contributed by atoms with E-state index in [1.165, 1.54) is 6.42 Å². The first-order valence-corrected chi connectivity index (χ1v) is 6.18. The van der Waals surface area contributed by atoms with Crippen molar-refractivity contribution in [3.8, 4) is 0 Å². The van der Waals surface area contributed by atoms with E-state index in [1.54, 1.807) is 0 Å². The molecule has 0 saturated heterocycles. The summed E-state index contributed by atoms with van der Waals surface area (Å²) in [5.41, 5.74) is 0. The molecule has 88 valence electrons. The molecule has 2 heteroatoms. The third kappa shape index (κ3) is 2.73. The van der Waals surface area contributed by atoms with Gasteiger partial charge >= 0.3 is 5.97 Å². The largest absolute Gasteiger partial charge is 0.481 e. The molecule has 15 heavy (non-hydrogen) atoms. The van der Waals surface area contributed by atoms with Crippen LogP contribution in [0.3, 0.4) is 0 Å². The van der Waals surface area contributed by atoms with Gasteiger partial charge in [0.15, 0.2) is 0 Å². The van der Waals surface area contributed by atoms with Crippen molar-refractivity contribution >= 4 is 5.97 Å². The summed E-state index contributed by atoms with van der Waals surface area (Å²) in [6, 6.07) is 0. The molecule has 0 bridgehead atoms. The number of hydrogen-bond donors (Lipinski definition) is 1. The van der Waals surface area contributed by atoms with Gasteiger partial charge in [0.1, 0.15) is 0 Å². The topological polar surface area (TPSA) is 37.3 Å². The van der Waals surface area contributed by atoms with Crippen LogP contribution >= 0.6 is 0 Å². The summed E-state index contributed by atoms with van der Waals surface area (Å²) in [6.45, 7) is 8.62. The second kappa shape index (κ2) is 5.00. The lowest BCUT2D eigenvalue weighted by Gasteiger charge is -2.39. The van der Waals surface area contributed by atoms with Gasteiger partial charge in [-0.25, -0.2) is 0 Å². The maximum absolute atomic E-state index is 11.4. The average molecular weight is 212 g/mol. The number of rotatable bonds is 3. The highest BCUT2D eigenvalue weighted by molar-refractivity contribution is 5.71. The zero-order valence-corrected chi connectivity index (χ0v) is 10.4. The highest BCUT2D eigenvalue weighted by Crippen LogP contribution is 2.42. The molecule has 1 aliphatic carbocycles. The Hall–Kier alpha value is -0.530. The Bertz CT molecular complexity index is 205. The van der Waals surface area contributed by atoms with Crippen molar-refractivity contribution in [2.45, 2.75) is 47.0 Å². The molecular weight excluding hydrogens is 188 g/mol. The van der Waals surface area contributed by atoms with Crippen LogP contribution in [0.2, 0.25) is 0 Å². The Morgan fingerprint density at radius 3 is 1.73 bits per heavy atom. The molecule has 0 radical (unpaired) electrons. The molecule has 0 aromatic heterocycles. The molecular formula is C13H24O2. The van der Waals surface area contributed by atoms with Crippen molar-refractivity contribution in [1.82, 2.24) is 0 Å². The molecule has 0 spiro atoms. The molecule has 1 rings (SSSR count). The predicted molar refractivity (Wildman–Crippen MR) is 61.6 cm³/mol. The zero-order valence-electron chi connectivity index (χ0n) is 10.4. The van der Waals surface area contributed by atoms with E-state index in [0.717, 1.165) is 12.8 Å². The predicted octanol–water partition coefficient (Wildman–Crippen LogP) is 3.42. The van der Waals surface area contributed by atoms with Crippen LogP contribution < -0.4 is 0 Å². The Morgan fingerprint density at radius 2 is 1.47 bits per heavy atom. The normalized spacial score (nSPS) is 32.3. The van der Waals surface area contributed by atoms with E-state index in [1.807, 2.05) is 0 Å². The van der Waals surface area contributed by atoms with Gasteiger partial charge in [-0.05, 0) is 36.5 Å². The lowest BCUT2D eigenvalue weighted by Crippen LogP contribution is -2.39. The highest BCUT2D eigenvalue weighted by atomic mass is 16.4. The van der Waals surface area contributed by atoms with E-state index in [2.05, 4.69) is 27.7 Å². The standard InChI is InChI=1S/C13H24O2/c1-8(2)10-6-5-7-11(9(3)4)12(10)13(14)15/h8-12H,5-7H2,1-4H3,(H,14,15). The van der Waals surface area contributed by atoms with Gasteiger partial charge in [0, 0.05) is 0 Å². The second-order valence-corrected chi connectivity index (χ2v) is 5.61. The van der Waals surface area contributed by atoms with Gasteiger partial charge in [-0.2, -0.15) is 0 Å². The second-order valence-electron chi connectivity index (χ2n) is 5.61. The molecule has 0 aliphatic heterocycles. The lowest BCUT2D eigenvalue weighted by molar-refractivity contribution is -0.149. The van der Waals surface area contributed by atoms with Crippen LogP contribution in [0.25, 0.3) is 0 Å². The summed E-state index contributed by atoms with van der Waals surface area (Å²) >= 11 is 0. The van der Waals surface area contributed by atoms with Gasteiger partial charge in [0.2, 0.25) is 0 Å². The SMILES string of the molecule is CC(C)C1CCCC(C(C)C)C1C(=O)O. The maximum atomic E-state index is 11.4. The van der Waals surface area contributed by atoms with E-state index in [-0.39, 0.29) is 5.92 Å². The van der Waals surface area contributed by atoms with Gasteiger partial charge in [0.25, 0.3) is 0 Å². The van der Waals surface area contributed by atoms with Crippen molar-refractivity contribution < 1.29 is 9.90 Å². The molecule has 0 aromatic carbocycles. The van der Waals surface area contributed by atoms with Crippen LogP contribution in [0.4, 0.5) is 0 Å². The van der Waals surface area contributed by atoms with Crippen LogP contribution in [-0.4, -0.2) is 11.1 Å². The van der Waals surface area contributed by atoms with Crippen LogP contribution in [0, 0.1) is 29.6 Å². The molecule has 2 atom stereocenters. The van der Waals surface area contributed by atoms with Gasteiger partial charge in [-0.1, -0.05) is 34.1 Å². The fraction of sp³-hybridized carbons (Fsp3) is 0.923. The first kappa shape index (κ1) is 12.5. The van der Waals surface area contributed by atoms with E-state index in [4.69, 9.17) is 0 Å². The van der Waals surface area contributed by atoms with Crippen LogP contribution in [-0.2, 0) is 4.79 Å². The number of carbonyl (C=O) groups is 1. The van der Waals surface area contributed by atoms with E-state index < -0.39 is 5.97 Å². The van der Waals surface area contributed by atoms with Gasteiger partial charge in [-0.3, -0.25) is 4.79 Å². The summed E-state index contributed by atoms with van der Waals surface area (Å²) in [5.74, 6) is 1.05. The Labute approximate surface area is 93.1 Å². The minimum Gasteiger partial charge on any atom is -0.481 e. The summed E-state index contributed by atoms with van der Waals surface area (Å²) in [5, 5.41) is 9.38. The molecule has 0 amide bonds. The monoisotopic (exact) mass is 212 g/mol. The molecule has 1 N–H and O–H groups in total. The minimum atomic E-state index is -0.577. The lowest BCUT2D eigenvalue weighted by atomic mass is 9.65. The summed E-state index contributed by atoms with van der Waals surface area (Å²) in [6.07, 6.45) is 3.39. The number of carboxylic acids is 1. The fourth-order valence-corrected chi connectivity index (χ4v) is 3.13. The van der Waals surface area contributed by atoms with Gasteiger partial charge in [0.05, 0.1) is 5.92 Å². The fourth-order valence-electron chi connectivity index (χ4n) is 3.13. The highest BCUT2D eigenvalue weighted by Gasteiger charge is 2.40. The van der Waals surface area contributed by atoms with Crippen LogP contribution in [0.15, 0.2) is 0 Å². The smallest absolute Gasteiger partial charge is 0.307 e. The molecule has 2 unspecified atom stereocenters. The Kier molecular flexibility index (Phi) is 4.18. The van der Waals surface area contributed by atoms with Crippen molar-refractivity contribution in [2.75, 3.05) is 0 Å². The molecule has 1 aliphatic rings. The van der Waals surface area contributed by atoms with Crippen molar-refractivity contribution in [3.63, 3.8) is 0 Å². The molecule has 1 saturated carbocycles.